The van der Waals surface area contributed by atoms with Crippen LogP contribution in [0, 0.1) is 5.92 Å². The van der Waals surface area contributed by atoms with Gasteiger partial charge >= 0.3 is 0 Å². The van der Waals surface area contributed by atoms with E-state index < -0.39 is 6.10 Å². The Kier molecular flexibility index (Phi) is 6.58. The van der Waals surface area contributed by atoms with Gasteiger partial charge in [0.05, 0.1) is 6.10 Å². The molecule has 26 heavy (non-hydrogen) atoms. The van der Waals surface area contributed by atoms with Crippen molar-refractivity contribution < 1.29 is 14.9 Å². The second-order valence-electron chi connectivity index (χ2n) is 7.25. The third-order valence-corrected chi connectivity index (χ3v) is 5.37. The smallest absolute Gasteiger partial charge is 0.123 e. The van der Waals surface area contributed by atoms with E-state index in [1.54, 1.807) is 0 Å². The van der Waals surface area contributed by atoms with Crippen molar-refractivity contribution in [2.24, 2.45) is 5.92 Å². The SMILES string of the molecule is CCc1ccc(Cc2cc(Cl)ccc2OC2CC(O)CC(CO)C2)cc1. The van der Waals surface area contributed by atoms with Crippen LogP contribution in [-0.2, 0) is 12.8 Å². The van der Waals surface area contributed by atoms with E-state index in [1.165, 1.54) is 11.1 Å². The molecule has 3 unspecified atom stereocenters. The van der Waals surface area contributed by atoms with E-state index in [0.717, 1.165) is 30.6 Å². The molecule has 1 aliphatic rings. The van der Waals surface area contributed by atoms with E-state index in [0.29, 0.717) is 17.9 Å². The van der Waals surface area contributed by atoms with Gasteiger partial charge in [0.2, 0.25) is 0 Å². The van der Waals surface area contributed by atoms with Crippen molar-refractivity contribution in [2.75, 3.05) is 6.61 Å². The van der Waals surface area contributed by atoms with E-state index in [-0.39, 0.29) is 18.6 Å². The Morgan fingerprint density at radius 3 is 2.46 bits per heavy atom. The quantitative estimate of drug-likeness (QED) is 0.788. The minimum atomic E-state index is -0.414. The summed E-state index contributed by atoms with van der Waals surface area (Å²) >= 11 is 6.21. The first-order chi connectivity index (χ1) is 12.6. The second-order valence-corrected chi connectivity index (χ2v) is 7.68. The molecule has 0 saturated heterocycles. The number of aliphatic hydroxyl groups is 2. The Hall–Kier alpha value is -1.55. The molecule has 1 saturated carbocycles. The molecule has 2 aromatic carbocycles. The molecule has 3 atom stereocenters. The van der Waals surface area contributed by atoms with Gasteiger partial charge in [0, 0.05) is 24.5 Å². The van der Waals surface area contributed by atoms with Crippen LogP contribution in [0.1, 0.15) is 42.9 Å². The molecule has 140 valence electrons. The van der Waals surface area contributed by atoms with Crippen LogP contribution in [0.3, 0.4) is 0 Å². The van der Waals surface area contributed by atoms with Gasteiger partial charge in [-0.25, -0.2) is 0 Å². The number of aliphatic hydroxyl groups excluding tert-OH is 2. The van der Waals surface area contributed by atoms with E-state index in [2.05, 4.69) is 31.2 Å². The highest BCUT2D eigenvalue weighted by atomic mass is 35.5. The van der Waals surface area contributed by atoms with Gasteiger partial charge in [-0.3, -0.25) is 0 Å². The van der Waals surface area contributed by atoms with Gasteiger partial charge in [0.25, 0.3) is 0 Å². The summed E-state index contributed by atoms with van der Waals surface area (Å²) in [5, 5.41) is 20.2. The lowest BCUT2D eigenvalue weighted by atomic mass is 9.86. The molecule has 2 aromatic rings. The molecule has 0 aromatic heterocycles. The summed E-state index contributed by atoms with van der Waals surface area (Å²) in [7, 11) is 0. The zero-order chi connectivity index (χ0) is 18.5. The van der Waals surface area contributed by atoms with E-state index in [4.69, 9.17) is 16.3 Å². The van der Waals surface area contributed by atoms with Crippen LogP contribution in [0.15, 0.2) is 42.5 Å². The maximum absolute atomic E-state index is 10.0. The van der Waals surface area contributed by atoms with Gasteiger partial charge < -0.3 is 14.9 Å². The van der Waals surface area contributed by atoms with Crippen LogP contribution < -0.4 is 4.74 Å². The molecule has 0 amide bonds. The Bertz CT molecular complexity index is 714. The van der Waals surface area contributed by atoms with Crippen LogP contribution in [0.25, 0.3) is 0 Å². The first-order valence-corrected chi connectivity index (χ1v) is 9.77. The minimum Gasteiger partial charge on any atom is -0.490 e. The average Bonchev–Trinajstić information content (AvgIpc) is 2.64. The predicted octanol–water partition coefficient (Wildman–Crippen LogP) is 4.39. The Labute approximate surface area is 160 Å². The maximum atomic E-state index is 10.0. The molecule has 1 fully saturated rings. The third-order valence-electron chi connectivity index (χ3n) is 5.14. The molecule has 0 bridgehead atoms. The van der Waals surface area contributed by atoms with Crippen molar-refractivity contribution in [1.82, 2.24) is 0 Å². The third kappa shape index (κ3) is 5.00. The van der Waals surface area contributed by atoms with Gasteiger partial charge in [-0.15, -0.1) is 0 Å². The fourth-order valence-corrected chi connectivity index (χ4v) is 3.88. The highest BCUT2D eigenvalue weighted by Crippen LogP contribution is 2.31. The van der Waals surface area contributed by atoms with Crippen molar-refractivity contribution in [1.29, 1.82) is 0 Å². The molecule has 0 heterocycles. The predicted molar refractivity (Wildman–Crippen MR) is 105 cm³/mol. The van der Waals surface area contributed by atoms with Gasteiger partial charge in [-0.05, 0) is 60.1 Å². The maximum Gasteiger partial charge on any atom is 0.123 e. The van der Waals surface area contributed by atoms with Gasteiger partial charge in [-0.1, -0.05) is 42.8 Å². The summed E-state index contributed by atoms with van der Waals surface area (Å²) in [6.07, 6.45) is 3.29. The fraction of sp³-hybridized carbons (Fsp3) is 0.455. The van der Waals surface area contributed by atoms with Crippen LogP contribution in [0.2, 0.25) is 5.02 Å². The molecule has 3 rings (SSSR count). The standard InChI is InChI=1S/C22H27ClO3/c1-2-15-3-5-16(6-4-15)9-18-12-19(23)7-8-22(18)26-21-11-17(14-24)10-20(25)13-21/h3-8,12,17,20-21,24-25H,2,9-11,13-14H2,1H3. The summed E-state index contributed by atoms with van der Waals surface area (Å²) in [6, 6.07) is 14.3. The number of aryl methyl sites for hydroxylation is 1. The van der Waals surface area contributed by atoms with Gasteiger partial charge in [-0.2, -0.15) is 0 Å². The molecule has 4 heteroatoms. The first-order valence-electron chi connectivity index (χ1n) is 9.39. The molecule has 0 aliphatic heterocycles. The lowest BCUT2D eigenvalue weighted by Gasteiger charge is -2.32. The van der Waals surface area contributed by atoms with Crippen molar-refractivity contribution >= 4 is 11.6 Å². The Balaban J connectivity index is 1.76. The summed E-state index contributed by atoms with van der Waals surface area (Å²) in [5.74, 6) is 0.908. The molecular weight excluding hydrogens is 348 g/mol. The van der Waals surface area contributed by atoms with E-state index in [9.17, 15) is 10.2 Å². The molecule has 0 spiro atoms. The number of halogens is 1. The van der Waals surface area contributed by atoms with Crippen molar-refractivity contribution in [3.8, 4) is 5.75 Å². The number of hydrogen-bond acceptors (Lipinski definition) is 3. The molecular formula is C22H27ClO3. The minimum absolute atomic E-state index is 0.0849. The van der Waals surface area contributed by atoms with Crippen molar-refractivity contribution in [3.05, 3.63) is 64.2 Å². The molecule has 2 N–H and O–H groups in total. The monoisotopic (exact) mass is 374 g/mol. The molecule has 1 aliphatic carbocycles. The highest BCUT2D eigenvalue weighted by molar-refractivity contribution is 6.30. The van der Waals surface area contributed by atoms with Crippen LogP contribution in [-0.4, -0.2) is 29.0 Å². The first kappa shape index (κ1) is 19.2. The largest absolute Gasteiger partial charge is 0.490 e. The van der Waals surface area contributed by atoms with Crippen molar-refractivity contribution in [2.45, 2.75) is 51.2 Å². The number of rotatable bonds is 6. The average molecular weight is 375 g/mol. The number of hydrogen-bond donors (Lipinski definition) is 2. The lowest BCUT2D eigenvalue weighted by Crippen LogP contribution is -2.34. The lowest BCUT2D eigenvalue weighted by molar-refractivity contribution is 0.0103. The number of benzene rings is 2. The van der Waals surface area contributed by atoms with Crippen LogP contribution >= 0.6 is 11.6 Å². The van der Waals surface area contributed by atoms with Crippen LogP contribution in [0.5, 0.6) is 5.75 Å². The summed E-state index contributed by atoms with van der Waals surface area (Å²) in [6.45, 7) is 2.24. The topological polar surface area (TPSA) is 49.7 Å². The highest BCUT2D eigenvalue weighted by Gasteiger charge is 2.29. The van der Waals surface area contributed by atoms with Gasteiger partial charge in [0.1, 0.15) is 11.9 Å². The zero-order valence-electron chi connectivity index (χ0n) is 15.2. The Morgan fingerprint density at radius 1 is 1.04 bits per heavy atom. The molecule has 3 nitrogen and oxygen atoms in total. The van der Waals surface area contributed by atoms with E-state index >= 15 is 0 Å². The number of ether oxygens (including phenoxy) is 1. The fourth-order valence-electron chi connectivity index (χ4n) is 3.69. The summed E-state index contributed by atoms with van der Waals surface area (Å²) in [5.41, 5.74) is 3.58. The molecule has 0 radical (unpaired) electrons. The summed E-state index contributed by atoms with van der Waals surface area (Å²) < 4.78 is 6.23. The summed E-state index contributed by atoms with van der Waals surface area (Å²) in [4.78, 5) is 0. The zero-order valence-corrected chi connectivity index (χ0v) is 16.0. The second kappa shape index (κ2) is 8.90. The van der Waals surface area contributed by atoms with Crippen LogP contribution in [0.4, 0.5) is 0 Å². The van der Waals surface area contributed by atoms with Crippen molar-refractivity contribution in [3.63, 3.8) is 0 Å². The normalized spacial score (nSPS) is 23.0. The van der Waals surface area contributed by atoms with E-state index in [1.807, 2.05) is 18.2 Å². The van der Waals surface area contributed by atoms with Gasteiger partial charge in [0.15, 0.2) is 0 Å². The Morgan fingerprint density at radius 2 is 1.77 bits per heavy atom.